The summed E-state index contributed by atoms with van der Waals surface area (Å²) in [6.45, 7) is 4.73. The normalized spacial score (nSPS) is 13.8. The van der Waals surface area contributed by atoms with E-state index in [0.29, 0.717) is 11.4 Å². The number of hydrogen-bond acceptors (Lipinski definition) is 5. The Kier molecular flexibility index (Phi) is 7.34. The molecule has 0 fully saturated rings. The standard InChI is InChI=1S/C14H21ClN2O2S/c1-4-8-17-14(2,13(18)19-3)7-9-20-12-6-5-11(15)10-16-12/h5-6,10,17H,4,7-9H2,1-3H3. The van der Waals surface area contributed by atoms with Crippen LogP contribution in [-0.4, -0.2) is 35.9 Å². The predicted octanol–water partition coefficient (Wildman–Crippen LogP) is 3.15. The van der Waals surface area contributed by atoms with Crippen LogP contribution in [0.2, 0.25) is 5.02 Å². The first-order chi connectivity index (χ1) is 9.51. The van der Waals surface area contributed by atoms with Gasteiger partial charge in [-0.1, -0.05) is 18.5 Å². The van der Waals surface area contributed by atoms with E-state index in [1.165, 1.54) is 7.11 Å². The molecule has 0 saturated carbocycles. The van der Waals surface area contributed by atoms with Crippen LogP contribution in [0.3, 0.4) is 0 Å². The van der Waals surface area contributed by atoms with Crippen molar-refractivity contribution in [3.63, 3.8) is 0 Å². The van der Waals surface area contributed by atoms with Crippen LogP contribution < -0.4 is 5.32 Å². The van der Waals surface area contributed by atoms with E-state index in [4.69, 9.17) is 16.3 Å². The maximum Gasteiger partial charge on any atom is 0.325 e. The number of pyridine rings is 1. The number of halogens is 1. The highest BCUT2D eigenvalue weighted by atomic mass is 35.5. The van der Waals surface area contributed by atoms with E-state index in [2.05, 4.69) is 17.2 Å². The lowest BCUT2D eigenvalue weighted by Gasteiger charge is -2.27. The van der Waals surface area contributed by atoms with Crippen molar-refractivity contribution in [2.45, 2.75) is 37.3 Å². The second-order valence-corrected chi connectivity index (χ2v) is 6.22. The number of nitrogens with one attached hydrogen (secondary N) is 1. The van der Waals surface area contributed by atoms with Crippen LogP contribution in [0, 0.1) is 0 Å². The zero-order valence-corrected chi connectivity index (χ0v) is 13.7. The van der Waals surface area contributed by atoms with Crippen molar-refractivity contribution >= 4 is 29.3 Å². The van der Waals surface area contributed by atoms with Gasteiger partial charge < -0.3 is 10.1 Å². The first-order valence-corrected chi connectivity index (χ1v) is 7.96. The number of hydrogen-bond donors (Lipinski definition) is 1. The Bertz CT molecular complexity index is 428. The van der Waals surface area contributed by atoms with E-state index < -0.39 is 5.54 Å². The quantitative estimate of drug-likeness (QED) is 0.590. The first-order valence-electron chi connectivity index (χ1n) is 6.59. The Morgan fingerprint density at radius 3 is 2.85 bits per heavy atom. The largest absolute Gasteiger partial charge is 0.468 e. The highest BCUT2D eigenvalue weighted by Crippen LogP contribution is 2.22. The summed E-state index contributed by atoms with van der Waals surface area (Å²) < 4.78 is 4.89. The molecular formula is C14H21ClN2O2S. The van der Waals surface area contributed by atoms with E-state index in [9.17, 15) is 4.79 Å². The smallest absolute Gasteiger partial charge is 0.325 e. The minimum absolute atomic E-state index is 0.226. The van der Waals surface area contributed by atoms with Gasteiger partial charge in [0.2, 0.25) is 0 Å². The van der Waals surface area contributed by atoms with Gasteiger partial charge in [0.05, 0.1) is 17.2 Å². The van der Waals surface area contributed by atoms with Crippen molar-refractivity contribution < 1.29 is 9.53 Å². The summed E-state index contributed by atoms with van der Waals surface area (Å²) in [5, 5.41) is 4.79. The van der Waals surface area contributed by atoms with E-state index in [1.807, 2.05) is 19.1 Å². The summed E-state index contributed by atoms with van der Waals surface area (Å²) in [6, 6.07) is 3.69. The Morgan fingerprint density at radius 2 is 2.30 bits per heavy atom. The van der Waals surface area contributed by atoms with Crippen LogP contribution in [0.15, 0.2) is 23.4 Å². The molecular weight excluding hydrogens is 296 g/mol. The fraction of sp³-hybridized carbons (Fsp3) is 0.571. The van der Waals surface area contributed by atoms with Crippen LogP contribution in [-0.2, 0) is 9.53 Å². The number of rotatable bonds is 8. The molecule has 0 bridgehead atoms. The SMILES string of the molecule is CCCNC(C)(CCSc1ccc(Cl)cn1)C(=O)OC. The van der Waals surface area contributed by atoms with E-state index in [1.54, 1.807) is 18.0 Å². The zero-order valence-electron chi connectivity index (χ0n) is 12.1. The summed E-state index contributed by atoms with van der Waals surface area (Å²) in [5.41, 5.74) is -0.649. The molecule has 0 radical (unpaired) electrons. The molecule has 1 rings (SSSR count). The minimum atomic E-state index is -0.649. The third-order valence-corrected chi connectivity index (χ3v) is 4.12. The zero-order chi connectivity index (χ0) is 15.0. The van der Waals surface area contributed by atoms with Crippen LogP contribution >= 0.6 is 23.4 Å². The fourth-order valence-corrected chi connectivity index (χ4v) is 2.82. The van der Waals surface area contributed by atoms with Crippen molar-refractivity contribution in [1.82, 2.24) is 10.3 Å². The number of carbonyl (C=O) groups is 1. The van der Waals surface area contributed by atoms with Gasteiger partial charge in [-0.2, -0.15) is 0 Å². The number of carbonyl (C=O) groups excluding carboxylic acids is 1. The Balaban J connectivity index is 2.53. The molecule has 0 spiro atoms. The van der Waals surface area contributed by atoms with E-state index >= 15 is 0 Å². The maximum atomic E-state index is 11.9. The molecule has 0 aliphatic heterocycles. The summed E-state index contributed by atoms with van der Waals surface area (Å²) in [7, 11) is 1.42. The number of methoxy groups -OCH3 is 1. The lowest BCUT2D eigenvalue weighted by atomic mass is 9.99. The summed E-state index contributed by atoms with van der Waals surface area (Å²) in [4.78, 5) is 16.1. The molecule has 20 heavy (non-hydrogen) atoms. The van der Waals surface area contributed by atoms with Gasteiger partial charge in [-0.25, -0.2) is 4.98 Å². The summed E-state index contributed by atoms with van der Waals surface area (Å²) >= 11 is 7.39. The molecule has 1 aromatic heterocycles. The van der Waals surface area contributed by atoms with Gasteiger partial charge in [-0.05, 0) is 38.4 Å². The molecule has 6 heteroatoms. The van der Waals surface area contributed by atoms with Crippen molar-refractivity contribution in [3.05, 3.63) is 23.4 Å². The van der Waals surface area contributed by atoms with Crippen LogP contribution in [0.5, 0.6) is 0 Å². The number of thioether (sulfide) groups is 1. The first kappa shape index (κ1) is 17.3. The third-order valence-electron chi connectivity index (χ3n) is 2.95. The number of nitrogens with zero attached hydrogens (tertiary/aromatic N) is 1. The van der Waals surface area contributed by atoms with Gasteiger partial charge in [0, 0.05) is 11.9 Å². The monoisotopic (exact) mass is 316 g/mol. The van der Waals surface area contributed by atoms with Gasteiger partial charge in [0.1, 0.15) is 5.54 Å². The van der Waals surface area contributed by atoms with Crippen molar-refractivity contribution in [2.24, 2.45) is 0 Å². The highest BCUT2D eigenvalue weighted by molar-refractivity contribution is 7.99. The molecule has 0 aromatic carbocycles. The average Bonchev–Trinajstić information content (AvgIpc) is 2.46. The molecule has 1 heterocycles. The number of ether oxygens (including phenoxy) is 1. The average molecular weight is 317 g/mol. The lowest BCUT2D eigenvalue weighted by Crippen LogP contribution is -2.50. The summed E-state index contributed by atoms with van der Waals surface area (Å²) in [5.74, 6) is 0.548. The van der Waals surface area contributed by atoms with Crippen molar-refractivity contribution in [2.75, 3.05) is 19.4 Å². The maximum absolute atomic E-state index is 11.9. The molecule has 1 aromatic rings. The number of aromatic nitrogens is 1. The minimum Gasteiger partial charge on any atom is -0.468 e. The Hall–Kier alpha value is -0.780. The second-order valence-electron chi connectivity index (χ2n) is 4.66. The molecule has 0 aliphatic rings. The summed E-state index contributed by atoms with van der Waals surface area (Å²) in [6.07, 6.45) is 3.27. The number of esters is 1. The molecule has 1 unspecified atom stereocenters. The van der Waals surface area contributed by atoms with E-state index in [0.717, 1.165) is 23.7 Å². The van der Waals surface area contributed by atoms with Gasteiger partial charge in [-0.15, -0.1) is 11.8 Å². The second kappa shape index (κ2) is 8.49. The van der Waals surface area contributed by atoms with E-state index in [-0.39, 0.29) is 5.97 Å². The Labute approximate surface area is 129 Å². The van der Waals surface area contributed by atoms with Crippen LogP contribution in [0.1, 0.15) is 26.7 Å². The van der Waals surface area contributed by atoms with Crippen molar-refractivity contribution in [1.29, 1.82) is 0 Å². The van der Waals surface area contributed by atoms with Gasteiger partial charge in [-0.3, -0.25) is 4.79 Å². The van der Waals surface area contributed by atoms with Crippen LogP contribution in [0.4, 0.5) is 0 Å². The molecule has 112 valence electrons. The molecule has 4 nitrogen and oxygen atoms in total. The van der Waals surface area contributed by atoms with Crippen LogP contribution in [0.25, 0.3) is 0 Å². The molecule has 0 saturated heterocycles. The lowest BCUT2D eigenvalue weighted by molar-refractivity contribution is -0.148. The predicted molar refractivity (Wildman–Crippen MR) is 83.3 cm³/mol. The molecule has 1 atom stereocenters. The van der Waals surface area contributed by atoms with Gasteiger partial charge in [0.25, 0.3) is 0 Å². The third kappa shape index (κ3) is 5.31. The van der Waals surface area contributed by atoms with Gasteiger partial charge >= 0.3 is 5.97 Å². The fourth-order valence-electron chi connectivity index (χ4n) is 1.70. The topological polar surface area (TPSA) is 51.2 Å². The molecule has 1 N–H and O–H groups in total. The highest BCUT2D eigenvalue weighted by Gasteiger charge is 2.33. The Morgan fingerprint density at radius 1 is 1.55 bits per heavy atom. The van der Waals surface area contributed by atoms with Gasteiger partial charge in [0.15, 0.2) is 0 Å². The molecule has 0 aliphatic carbocycles. The van der Waals surface area contributed by atoms with Crippen molar-refractivity contribution in [3.8, 4) is 0 Å². The molecule has 0 amide bonds.